The monoisotopic (exact) mass is 741 g/mol. The van der Waals surface area contributed by atoms with Crippen molar-refractivity contribution < 1.29 is 0 Å². The van der Waals surface area contributed by atoms with Crippen LogP contribution in [0.4, 0.5) is 0 Å². The summed E-state index contributed by atoms with van der Waals surface area (Å²) >= 11 is 0. The van der Waals surface area contributed by atoms with E-state index in [0.717, 1.165) is 90.1 Å². The Kier molecular flexibility index (Phi) is 26.0. The minimum Gasteiger partial charge on any atom is -0.317 e. The van der Waals surface area contributed by atoms with Crippen LogP contribution in [-0.2, 0) is 13.1 Å². The maximum Gasteiger partial charge on any atom is 0.0205 e. The molecule has 0 spiro atoms. The lowest BCUT2D eigenvalue weighted by Crippen LogP contribution is -2.27. The van der Waals surface area contributed by atoms with Gasteiger partial charge in [-0.3, -0.25) is 0 Å². The van der Waals surface area contributed by atoms with E-state index in [4.69, 9.17) is 0 Å². The van der Waals surface area contributed by atoms with Crippen LogP contribution in [0.25, 0.3) is 22.3 Å². The van der Waals surface area contributed by atoms with Gasteiger partial charge < -0.3 is 31.9 Å². The van der Waals surface area contributed by atoms with E-state index in [1.54, 1.807) is 0 Å². The van der Waals surface area contributed by atoms with Crippen LogP contribution in [-0.4, -0.2) is 65.4 Å². The number of benzene rings is 3. The molecule has 0 amide bonds. The molecule has 54 heavy (non-hydrogen) atoms. The third-order valence-corrected chi connectivity index (χ3v) is 10.9. The molecule has 0 heterocycles. The zero-order valence-corrected chi connectivity index (χ0v) is 35.1. The predicted octanol–water partition coefficient (Wildman–Crippen LogP) is 9.55. The van der Waals surface area contributed by atoms with E-state index in [2.05, 4.69) is 132 Å². The van der Waals surface area contributed by atoms with Crippen LogP contribution >= 0.6 is 0 Å². The molecule has 0 saturated heterocycles. The Balaban J connectivity index is 1.23. The summed E-state index contributed by atoms with van der Waals surface area (Å²) in [7, 11) is 0. The smallest absolute Gasteiger partial charge is 0.0205 e. The zero-order chi connectivity index (χ0) is 38.3. The second-order valence-corrected chi connectivity index (χ2v) is 15.5. The average Bonchev–Trinajstić information content (AvgIpc) is 3.21. The molecule has 0 aliphatic carbocycles. The molecule has 0 radical (unpaired) electrons. The molecule has 0 aromatic heterocycles. The number of hydrogen-bond acceptors (Lipinski definition) is 6. The largest absolute Gasteiger partial charge is 0.317 e. The first-order valence-corrected chi connectivity index (χ1v) is 22.2. The van der Waals surface area contributed by atoms with Crippen LogP contribution in [0.1, 0.15) is 116 Å². The maximum absolute atomic E-state index is 3.66. The fourth-order valence-corrected chi connectivity index (χ4v) is 7.08. The topological polar surface area (TPSA) is 72.2 Å². The third-order valence-electron chi connectivity index (χ3n) is 10.9. The molecule has 6 nitrogen and oxygen atoms in total. The second-order valence-electron chi connectivity index (χ2n) is 15.5. The SMILES string of the molecule is CCCCC(CC)CNCCCNCCCNCc1ccc(-c2cccc(-c3ccc(CNCCCNCCCNCC(CC)CCCC)cc3)c2)cc1. The van der Waals surface area contributed by atoms with Gasteiger partial charge in [-0.2, -0.15) is 0 Å². The Morgan fingerprint density at radius 2 is 0.759 bits per heavy atom. The van der Waals surface area contributed by atoms with Gasteiger partial charge in [0.15, 0.2) is 0 Å². The molecular weight excluding hydrogens is 661 g/mol. The van der Waals surface area contributed by atoms with Gasteiger partial charge in [-0.15, -0.1) is 0 Å². The van der Waals surface area contributed by atoms with Crippen molar-refractivity contribution in [1.82, 2.24) is 31.9 Å². The Morgan fingerprint density at radius 3 is 1.13 bits per heavy atom. The summed E-state index contributed by atoms with van der Waals surface area (Å²) in [4.78, 5) is 0. The van der Waals surface area contributed by atoms with E-state index < -0.39 is 0 Å². The van der Waals surface area contributed by atoms with Gasteiger partial charge in [0.2, 0.25) is 0 Å². The van der Waals surface area contributed by atoms with Crippen molar-refractivity contribution in [2.75, 3.05) is 65.4 Å². The molecule has 2 atom stereocenters. The minimum absolute atomic E-state index is 0.846. The summed E-state index contributed by atoms with van der Waals surface area (Å²) in [5.74, 6) is 1.69. The zero-order valence-electron chi connectivity index (χ0n) is 35.1. The molecule has 3 rings (SSSR count). The van der Waals surface area contributed by atoms with Gasteiger partial charge in [-0.05, 0) is 155 Å². The summed E-state index contributed by atoms with van der Waals surface area (Å²) in [6.07, 6.45) is 15.4. The van der Waals surface area contributed by atoms with Gasteiger partial charge in [0, 0.05) is 13.1 Å². The Labute approximate surface area is 332 Å². The van der Waals surface area contributed by atoms with E-state index in [-0.39, 0.29) is 0 Å². The van der Waals surface area contributed by atoms with E-state index in [9.17, 15) is 0 Å². The normalized spacial score (nSPS) is 12.7. The molecule has 0 aliphatic rings. The first-order valence-electron chi connectivity index (χ1n) is 22.2. The van der Waals surface area contributed by atoms with E-state index in [0.29, 0.717) is 0 Å². The van der Waals surface area contributed by atoms with Gasteiger partial charge in [0.25, 0.3) is 0 Å². The molecule has 0 saturated carbocycles. The molecule has 3 aromatic rings. The first-order chi connectivity index (χ1) is 26.7. The Bertz CT molecular complexity index is 1200. The van der Waals surface area contributed by atoms with E-state index in [1.165, 1.54) is 111 Å². The summed E-state index contributed by atoms with van der Waals surface area (Å²) in [5, 5.41) is 21.8. The van der Waals surface area contributed by atoms with Crippen LogP contribution in [0.2, 0.25) is 0 Å². The van der Waals surface area contributed by atoms with Gasteiger partial charge in [-0.1, -0.05) is 133 Å². The van der Waals surface area contributed by atoms with Crippen molar-refractivity contribution in [2.45, 2.75) is 118 Å². The molecule has 6 heteroatoms. The summed E-state index contributed by atoms with van der Waals surface area (Å²) < 4.78 is 0. The standard InChI is InChI=1S/C48H80N6/c1-5-9-16-41(7-3)37-51-32-12-28-49-30-14-34-53-39-43-20-24-45(25-21-43)47-18-11-19-48(36-47)46-26-22-44(23-27-46)40-54-35-15-31-50-29-13-33-52-38-42(8-4)17-10-6-2/h11,18-27,36,41-42,49-54H,5-10,12-17,28-35,37-40H2,1-4H3. The molecule has 0 aliphatic heterocycles. The number of unbranched alkanes of at least 4 members (excludes halogenated alkanes) is 2. The van der Waals surface area contributed by atoms with Crippen molar-refractivity contribution in [3.8, 4) is 22.3 Å². The van der Waals surface area contributed by atoms with Crippen LogP contribution in [0.15, 0.2) is 72.8 Å². The van der Waals surface area contributed by atoms with Gasteiger partial charge in [-0.25, -0.2) is 0 Å². The summed E-state index contributed by atoms with van der Waals surface area (Å²) in [6.45, 7) is 22.1. The molecule has 0 fully saturated rings. The molecule has 302 valence electrons. The minimum atomic E-state index is 0.846. The molecule has 0 bridgehead atoms. The van der Waals surface area contributed by atoms with E-state index in [1.807, 2.05) is 0 Å². The van der Waals surface area contributed by atoms with Crippen molar-refractivity contribution in [2.24, 2.45) is 11.8 Å². The quantitative estimate of drug-likeness (QED) is 0.0343. The van der Waals surface area contributed by atoms with Crippen LogP contribution < -0.4 is 31.9 Å². The molecule has 6 N–H and O–H groups in total. The highest BCUT2D eigenvalue weighted by Crippen LogP contribution is 2.27. The predicted molar refractivity (Wildman–Crippen MR) is 237 cm³/mol. The fraction of sp³-hybridized carbons (Fsp3) is 0.625. The summed E-state index contributed by atoms with van der Waals surface area (Å²) in [6, 6.07) is 27.0. The fourth-order valence-electron chi connectivity index (χ4n) is 7.08. The maximum atomic E-state index is 3.66. The van der Waals surface area contributed by atoms with Crippen LogP contribution in [0, 0.1) is 11.8 Å². The lowest BCUT2D eigenvalue weighted by Gasteiger charge is -2.15. The highest BCUT2D eigenvalue weighted by Gasteiger charge is 2.07. The number of nitrogens with one attached hydrogen (secondary N) is 6. The van der Waals surface area contributed by atoms with Crippen LogP contribution in [0.3, 0.4) is 0 Å². The summed E-state index contributed by atoms with van der Waals surface area (Å²) in [5.41, 5.74) is 7.72. The highest BCUT2D eigenvalue weighted by atomic mass is 14.9. The third kappa shape index (κ3) is 20.4. The van der Waals surface area contributed by atoms with Crippen molar-refractivity contribution in [3.63, 3.8) is 0 Å². The molecular formula is C48H80N6. The van der Waals surface area contributed by atoms with E-state index >= 15 is 0 Å². The van der Waals surface area contributed by atoms with Gasteiger partial charge >= 0.3 is 0 Å². The second kappa shape index (κ2) is 30.6. The molecule has 3 aromatic carbocycles. The van der Waals surface area contributed by atoms with Crippen molar-refractivity contribution >= 4 is 0 Å². The average molecular weight is 741 g/mol. The Hall–Kier alpha value is -2.58. The highest BCUT2D eigenvalue weighted by molar-refractivity contribution is 5.73. The lowest BCUT2D eigenvalue weighted by molar-refractivity contribution is 0.417. The van der Waals surface area contributed by atoms with Gasteiger partial charge in [0.05, 0.1) is 0 Å². The van der Waals surface area contributed by atoms with Gasteiger partial charge in [0.1, 0.15) is 0 Å². The van der Waals surface area contributed by atoms with Crippen molar-refractivity contribution in [3.05, 3.63) is 83.9 Å². The number of hydrogen-bond donors (Lipinski definition) is 6. The van der Waals surface area contributed by atoms with Crippen LogP contribution in [0.5, 0.6) is 0 Å². The number of rotatable bonds is 34. The first kappa shape index (κ1) is 45.8. The molecule has 2 unspecified atom stereocenters. The lowest BCUT2D eigenvalue weighted by atomic mass is 9.98. The van der Waals surface area contributed by atoms with Crippen molar-refractivity contribution in [1.29, 1.82) is 0 Å². The Morgan fingerprint density at radius 1 is 0.389 bits per heavy atom.